The smallest absolute Gasteiger partial charge is 0.00738 e. The maximum absolute atomic E-state index is 5.85. The van der Waals surface area contributed by atoms with Crippen LogP contribution in [0.2, 0.25) is 0 Å². The minimum Gasteiger partial charge on any atom is -0.327 e. The van der Waals surface area contributed by atoms with Crippen molar-refractivity contribution in [3.63, 3.8) is 0 Å². The Labute approximate surface area is 80.4 Å². The topological polar surface area (TPSA) is 26.0 Å². The molecule has 3 aliphatic rings. The Morgan fingerprint density at radius 2 is 1.85 bits per heavy atom. The number of hydrogen-bond acceptors (Lipinski definition) is 1. The molecule has 13 heavy (non-hydrogen) atoms. The second-order valence-electron chi connectivity index (χ2n) is 5.20. The van der Waals surface area contributed by atoms with Crippen LogP contribution in [0.3, 0.4) is 0 Å². The molecule has 0 radical (unpaired) electrons. The average molecular weight is 177 g/mol. The van der Waals surface area contributed by atoms with E-state index in [-0.39, 0.29) is 0 Å². The van der Waals surface area contributed by atoms with E-state index in [1.54, 1.807) is 0 Å². The number of rotatable bonds is 5. The molecule has 1 heteroatoms. The summed E-state index contributed by atoms with van der Waals surface area (Å²) in [5, 5.41) is 0. The second kappa shape index (κ2) is 2.84. The summed E-state index contributed by atoms with van der Waals surface area (Å²) < 4.78 is 0. The van der Waals surface area contributed by atoms with E-state index in [0.717, 1.165) is 23.7 Å². The molecule has 0 heterocycles. The van der Waals surface area contributed by atoms with Crippen molar-refractivity contribution in [2.24, 2.45) is 29.4 Å². The summed E-state index contributed by atoms with van der Waals surface area (Å²) in [6, 6.07) is 0.583. The van der Waals surface area contributed by atoms with Crippen LogP contribution >= 0.6 is 0 Å². The fourth-order valence-electron chi connectivity index (χ4n) is 2.74. The lowest BCUT2D eigenvalue weighted by molar-refractivity contribution is 0.542. The summed E-state index contributed by atoms with van der Waals surface area (Å²) in [7, 11) is 0. The van der Waals surface area contributed by atoms with Gasteiger partial charge in [-0.2, -0.15) is 0 Å². The maximum atomic E-state index is 5.85. The zero-order valence-corrected chi connectivity index (χ0v) is 8.15. The third-order valence-corrected chi connectivity index (χ3v) is 4.00. The molecule has 0 aromatic rings. The van der Waals surface area contributed by atoms with Gasteiger partial charge < -0.3 is 5.73 Å². The minimum atomic E-state index is 0.583. The lowest BCUT2D eigenvalue weighted by Crippen LogP contribution is -2.03. The Morgan fingerprint density at radius 3 is 2.46 bits per heavy atom. The van der Waals surface area contributed by atoms with Crippen molar-refractivity contribution in [2.45, 2.75) is 38.1 Å². The van der Waals surface area contributed by atoms with Crippen LogP contribution in [0.25, 0.3) is 0 Å². The van der Waals surface area contributed by atoms with E-state index in [1.807, 2.05) is 0 Å². The van der Waals surface area contributed by atoms with Gasteiger partial charge in [-0.15, -0.1) is 0 Å². The van der Waals surface area contributed by atoms with E-state index in [4.69, 9.17) is 5.73 Å². The first kappa shape index (κ1) is 8.05. The van der Waals surface area contributed by atoms with Gasteiger partial charge in [-0.25, -0.2) is 0 Å². The van der Waals surface area contributed by atoms with E-state index >= 15 is 0 Å². The van der Waals surface area contributed by atoms with Crippen molar-refractivity contribution < 1.29 is 0 Å². The average Bonchev–Trinajstić information content (AvgIpc) is 2.86. The second-order valence-corrected chi connectivity index (χ2v) is 5.20. The van der Waals surface area contributed by atoms with Crippen molar-refractivity contribution in [3.05, 3.63) is 12.2 Å². The van der Waals surface area contributed by atoms with Gasteiger partial charge in [-0.1, -0.05) is 25.0 Å². The lowest BCUT2D eigenvalue weighted by Gasteiger charge is -1.98. The monoisotopic (exact) mass is 177 g/mol. The first-order chi connectivity index (χ1) is 6.34. The quantitative estimate of drug-likeness (QED) is 0.641. The standard InChI is InChI=1S/C12H19N/c13-12-7-11(12)10-6-9(10)3-1-2-8-4-5-8/h4-5,8-12H,1-3,6-7,13H2. The molecule has 4 unspecified atom stereocenters. The molecular weight excluding hydrogens is 158 g/mol. The molecule has 0 aromatic heterocycles. The third-order valence-electron chi connectivity index (χ3n) is 4.00. The van der Waals surface area contributed by atoms with Gasteiger partial charge in [0.25, 0.3) is 0 Å². The van der Waals surface area contributed by atoms with Crippen molar-refractivity contribution in [3.8, 4) is 0 Å². The molecule has 1 nitrogen and oxygen atoms in total. The predicted molar refractivity (Wildman–Crippen MR) is 54.2 cm³/mol. The Kier molecular flexibility index (Phi) is 1.76. The van der Waals surface area contributed by atoms with E-state index in [1.165, 1.54) is 32.1 Å². The highest BCUT2D eigenvalue weighted by molar-refractivity contribution is 5.13. The van der Waals surface area contributed by atoms with Gasteiger partial charge in [0.1, 0.15) is 0 Å². The van der Waals surface area contributed by atoms with Crippen LogP contribution in [-0.4, -0.2) is 6.04 Å². The van der Waals surface area contributed by atoms with Crippen LogP contribution in [0.1, 0.15) is 32.1 Å². The fraction of sp³-hybridized carbons (Fsp3) is 0.833. The molecule has 0 amide bonds. The summed E-state index contributed by atoms with van der Waals surface area (Å²) in [4.78, 5) is 0. The number of nitrogens with two attached hydrogens (primary N) is 1. The van der Waals surface area contributed by atoms with E-state index in [2.05, 4.69) is 12.2 Å². The molecule has 72 valence electrons. The third kappa shape index (κ3) is 1.80. The van der Waals surface area contributed by atoms with Gasteiger partial charge in [-0.05, 0) is 42.9 Å². The molecule has 2 saturated carbocycles. The summed E-state index contributed by atoms with van der Waals surface area (Å²) in [5.41, 5.74) is 5.85. The molecule has 0 spiro atoms. The van der Waals surface area contributed by atoms with Gasteiger partial charge >= 0.3 is 0 Å². The predicted octanol–water partition coefficient (Wildman–Crippen LogP) is 2.33. The van der Waals surface area contributed by atoms with E-state index in [9.17, 15) is 0 Å². The fourth-order valence-corrected chi connectivity index (χ4v) is 2.74. The molecular formula is C12H19N. The van der Waals surface area contributed by atoms with Crippen LogP contribution < -0.4 is 5.73 Å². The Balaban J connectivity index is 1.30. The lowest BCUT2D eigenvalue weighted by atomic mass is 10.1. The molecule has 0 aromatic carbocycles. The van der Waals surface area contributed by atoms with Gasteiger partial charge in [0.15, 0.2) is 0 Å². The molecule has 0 aliphatic heterocycles. The van der Waals surface area contributed by atoms with Gasteiger partial charge in [0.2, 0.25) is 0 Å². The summed E-state index contributed by atoms with van der Waals surface area (Å²) in [5.74, 6) is 3.93. The summed E-state index contributed by atoms with van der Waals surface area (Å²) >= 11 is 0. The normalized spacial score (nSPS) is 46.5. The van der Waals surface area contributed by atoms with Crippen molar-refractivity contribution in [1.29, 1.82) is 0 Å². The maximum Gasteiger partial charge on any atom is 0.00738 e. The van der Waals surface area contributed by atoms with Crippen molar-refractivity contribution >= 4 is 0 Å². The summed E-state index contributed by atoms with van der Waals surface area (Å²) in [6.45, 7) is 0. The molecule has 4 atom stereocenters. The zero-order chi connectivity index (χ0) is 8.84. The van der Waals surface area contributed by atoms with Crippen molar-refractivity contribution in [1.82, 2.24) is 0 Å². The highest BCUT2D eigenvalue weighted by Crippen LogP contribution is 2.55. The molecule has 3 rings (SSSR count). The Morgan fingerprint density at radius 1 is 1.08 bits per heavy atom. The van der Waals surface area contributed by atoms with Gasteiger partial charge in [-0.3, -0.25) is 0 Å². The van der Waals surface area contributed by atoms with Gasteiger partial charge in [0, 0.05) is 6.04 Å². The van der Waals surface area contributed by atoms with Crippen LogP contribution in [0, 0.1) is 23.7 Å². The molecule has 2 N–H and O–H groups in total. The van der Waals surface area contributed by atoms with E-state index < -0.39 is 0 Å². The van der Waals surface area contributed by atoms with Crippen LogP contribution in [0.15, 0.2) is 12.2 Å². The zero-order valence-electron chi connectivity index (χ0n) is 8.15. The molecule has 2 fully saturated rings. The highest BCUT2D eigenvalue weighted by atomic mass is 14.8. The number of hydrogen-bond donors (Lipinski definition) is 1. The Bertz CT molecular complexity index is 227. The van der Waals surface area contributed by atoms with Gasteiger partial charge in [0.05, 0.1) is 0 Å². The summed E-state index contributed by atoms with van der Waals surface area (Å²) in [6.07, 6.45) is 11.8. The van der Waals surface area contributed by atoms with Crippen LogP contribution in [0.5, 0.6) is 0 Å². The van der Waals surface area contributed by atoms with E-state index in [0.29, 0.717) is 6.04 Å². The van der Waals surface area contributed by atoms with Crippen LogP contribution in [0.4, 0.5) is 0 Å². The minimum absolute atomic E-state index is 0.583. The SMILES string of the molecule is NC1CC1C1CC1CCCC1C=C1. The van der Waals surface area contributed by atoms with Crippen LogP contribution in [-0.2, 0) is 0 Å². The molecule has 0 bridgehead atoms. The Hall–Kier alpha value is -0.300. The number of allylic oxidation sites excluding steroid dienone is 2. The molecule has 0 saturated heterocycles. The van der Waals surface area contributed by atoms with Crippen molar-refractivity contribution in [2.75, 3.05) is 0 Å². The first-order valence-corrected chi connectivity index (χ1v) is 5.78. The highest BCUT2D eigenvalue weighted by Gasteiger charge is 2.51. The largest absolute Gasteiger partial charge is 0.327 e. The molecule has 3 aliphatic carbocycles. The first-order valence-electron chi connectivity index (χ1n) is 5.78.